The molecular formula is C17H33ClN2O5. The Labute approximate surface area is 157 Å². The molecule has 0 aromatic carbocycles. The van der Waals surface area contributed by atoms with E-state index >= 15 is 0 Å². The van der Waals surface area contributed by atoms with Gasteiger partial charge in [-0.2, -0.15) is 0 Å². The molecule has 8 heteroatoms. The lowest BCUT2D eigenvalue weighted by Gasteiger charge is -2.21. The van der Waals surface area contributed by atoms with Crippen LogP contribution in [0.4, 0.5) is 0 Å². The highest BCUT2D eigenvalue weighted by Gasteiger charge is 2.02. The standard InChI is InChI=1S/C7H6O3.2C5H14NO.ClH/c8-7(9)4-3-6-2-1-5-10-6;2*1-6(2,3)4-5-7;/h1-5H,(H,8,9);2*7H,4-5H2,1-3H3;1H/q;2*+1;/p-2. The van der Waals surface area contributed by atoms with E-state index in [1.54, 1.807) is 12.1 Å². The first-order valence-corrected chi connectivity index (χ1v) is 7.66. The van der Waals surface area contributed by atoms with Gasteiger partial charge in [-0.1, -0.05) is 0 Å². The zero-order chi connectivity index (χ0) is 19.2. The minimum absolute atomic E-state index is 0. The van der Waals surface area contributed by atoms with Gasteiger partial charge < -0.3 is 45.9 Å². The number of carbonyl (C=O) groups is 1. The van der Waals surface area contributed by atoms with Crippen LogP contribution in [-0.4, -0.2) is 93.7 Å². The van der Waals surface area contributed by atoms with E-state index in [1.165, 1.54) is 12.3 Å². The third-order valence-electron chi connectivity index (χ3n) is 2.47. The quantitative estimate of drug-likeness (QED) is 0.393. The monoisotopic (exact) mass is 380 g/mol. The van der Waals surface area contributed by atoms with Gasteiger partial charge in [0.1, 0.15) is 18.8 Å². The highest BCUT2D eigenvalue weighted by molar-refractivity contribution is 5.82. The number of rotatable bonds is 6. The number of aliphatic hydroxyl groups excluding tert-OH is 2. The van der Waals surface area contributed by atoms with Crippen LogP contribution in [0.5, 0.6) is 0 Å². The van der Waals surface area contributed by atoms with E-state index in [4.69, 9.17) is 14.6 Å². The summed E-state index contributed by atoms with van der Waals surface area (Å²) in [6, 6.07) is 3.33. The van der Waals surface area contributed by atoms with Gasteiger partial charge in [0.05, 0.1) is 67.7 Å². The molecule has 0 aliphatic rings. The number of carbonyl (C=O) groups excluding carboxylic acids is 1. The van der Waals surface area contributed by atoms with Crippen LogP contribution in [0.15, 0.2) is 28.9 Å². The highest BCUT2D eigenvalue weighted by atomic mass is 35.5. The molecule has 1 aromatic heterocycles. The molecule has 0 amide bonds. The molecule has 1 rings (SSSR count). The fourth-order valence-electron chi connectivity index (χ4n) is 1.14. The Morgan fingerprint density at radius 3 is 1.72 bits per heavy atom. The number of likely N-dealkylation sites (N-methyl/N-ethyl adjacent to an activating group) is 2. The van der Waals surface area contributed by atoms with Crippen molar-refractivity contribution in [3.05, 3.63) is 30.2 Å². The third kappa shape index (κ3) is 27.7. The summed E-state index contributed by atoms with van der Waals surface area (Å²) < 4.78 is 6.49. The molecule has 148 valence electrons. The summed E-state index contributed by atoms with van der Waals surface area (Å²) in [5.74, 6) is -0.722. The van der Waals surface area contributed by atoms with Gasteiger partial charge >= 0.3 is 0 Å². The van der Waals surface area contributed by atoms with E-state index in [1.807, 2.05) is 0 Å². The fourth-order valence-corrected chi connectivity index (χ4v) is 1.14. The summed E-state index contributed by atoms with van der Waals surface area (Å²) in [6.07, 6.45) is 3.71. The van der Waals surface area contributed by atoms with Crippen molar-refractivity contribution in [1.82, 2.24) is 0 Å². The van der Waals surface area contributed by atoms with Crippen LogP contribution in [0.1, 0.15) is 5.76 Å². The number of hydrogen-bond acceptors (Lipinski definition) is 5. The first-order valence-electron chi connectivity index (χ1n) is 7.66. The maximum absolute atomic E-state index is 9.85. The van der Waals surface area contributed by atoms with Crippen molar-refractivity contribution in [2.24, 2.45) is 0 Å². The minimum atomic E-state index is -1.23. The van der Waals surface area contributed by atoms with Gasteiger partial charge in [0.25, 0.3) is 0 Å². The minimum Gasteiger partial charge on any atom is -1.00 e. The van der Waals surface area contributed by atoms with Crippen LogP contribution in [0.25, 0.3) is 6.08 Å². The van der Waals surface area contributed by atoms with Crippen LogP contribution >= 0.6 is 0 Å². The Hall–Kier alpha value is -1.38. The number of hydrogen-bond donors (Lipinski definition) is 2. The predicted octanol–water partition coefficient (Wildman–Crippen LogP) is -3.58. The van der Waals surface area contributed by atoms with Crippen LogP contribution < -0.4 is 17.5 Å². The van der Waals surface area contributed by atoms with Gasteiger partial charge in [-0.15, -0.1) is 0 Å². The molecule has 7 nitrogen and oxygen atoms in total. The molecular weight excluding hydrogens is 348 g/mol. The van der Waals surface area contributed by atoms with Gasteiger partial charge in [0.15, 0.2) is 0 Å². The largest absolute Gasteiger partial charge is 1.00 e. The van der Waals surface area contributed by atoms with Crippen LogP contribution in [-0.2, 0) is 4.79 Å². The van der Waals surface area contributed by atoms with Gasteiger partial charge in [-0.05, 0) is 24.3 Å². The predicted molar refractivity (Wildman–Crippen MR) is 92.7 cm³/mol. The molecule has 0 aliphatic heterocycles. The van der Waals surface area contributed by atoms with E-state index in [0.717, 1.165) is 28.1 Å². The molecule has 0 saturated carbocycles. The van der Waals surface area contributed by atoms with E-state index in [0.29, 0.717) is 5.76 Å². The van der Waals surface area contributed by atoms with Crippen molar-refractivity contribution < 1.29 is 45.9 Å². The number of nitrogens with zero attached hydrogens (tertiary/aromatic N) is 2. The number of halogens is 1. The number of furan rings is 1. The van der Waals surface area contributed by atoms with Crippen molar-refractivity contribution in [2.75, 3.05) is 68.6 Å². The number of aliphatic carboxylic acids is 1. The summed E-state index contributed by atoms with van der Waals surface area (Å²) in [7, 11) is 12.3. The molecule has 2 N–H and O–H groups in total. The van der Waals surface area contributed by atoms with Crippen molar-refractivity contribution in [1.29, 1.82) is 0 Å². The Balaban J connectivity index is -0.000000293. The number of quaternary nitrogens is 2. The van der Waals surface area contributed by atoms with E-state index in [9.17, 15) is 9.90 Å². The first kappa shape index (κ1) is 28.4. The number of carboxylic acid groups (broad SMARTS) is 1. The average molecular weight is 381 g/mol. The van der Waals surface area contributed by atoms with Crippen LogP contribution in [0, 0.1) is 0 Å². The smallest absolute Gasteiger partial charge is 0.126 e. The van der Waals surface area contributed by atoms with E-state index < -0.39 is 5.97 Å². The summed E-state index contributed by atoms with van der Waals surface area (Å²) in [5, 5.41) is 26.6. The molecule has 0 aliphatic carbocycles. The summed E-state index contributed by atoms with van der Waals surface area (Å²) in [5.41, 5.74) is 0. The Kier molecular flexibility index (Phi) is 17.0. The zero-order valence-electron chi connectivity index (χ0n) is 16.1. The first-order chi connectivity index (χ1) is 10.9. The summed E-state index contributed by atoms with van der Waals surface area (Å²) >= 11 is 0. The van der Waals surface area contributed by atoms with Crippen LogP contribution in [0.3, 0.4) is 0 Å². The lowest BCUT2D eigenvalue weighted by molar-refractivity contribution is -0.870. The van der Waals surface area contributed by atoms with Gasteiger partial charge in [-0.25, -0.2) is 0 Å². The average Bonchev–Trinajstić information content (AvgIpc) is 2.88. The van der Waals surface area contributed by atoms with Gasteiger partial charge in [0.2, 0.25) is 0 Å². The lowest BCUT2D eigenvalue weighted by atomic mass is 10.4. The van der Waals surface area contributed by atoms with Gasteiger partial charge in [-0.3, -0.25) is 0 Å². The van der Waals surface area contributed by atoms with Crippen LogP contribution in [0.2, 0.25) is 0 Å². The second-order valence-corrected chi connectivity index (χ2v) is 7.14. The molecule has 0 spiro atoms. The lowest BCUT2D eigenvalue weighted by Crippen LogP contribution is -3.00. The Morgan fingerprint density at radius 1 is 1.08 bits per heavy atom. The highest BCUT2D eigenvalue weighted by Crippen LogP contribution is 2.00. The normalized spacial score (nSPS) is 10.9. The maximum Gasteiger partial charge on any atom is 0.126 e. The van der Waals surface area contributed by atoms with Crippen molar-refractivity contribution in [3.8, 4) is 0 Å². The fraction of sp³-hybridized carbons (Fsp3) is 0.588. The van der Waals surface area contributed by atoms with E-state index in [-0.39, 0.29) is 25.6 Å². The molecule has 0 fully saturated rings. The third-order valence-corrected chi connectivity index (χ3v) is 2.47. The summed E-state index contributed by atoms with van der Waals surface area (Å²) in [4.78, 5) is 9.85. The topological polar surface area (TPSA) is 93.7 Å². The zero-order valence-corrected chi connectivity index (χ0v) is 16.9. The Morgan fingerprint density at radius 2 is 1.52 bits per heavy atom. The van der Waals surface area contributed by atoms with Crippen molar-refractivity contribution in [3.63, 3.8) is 0 Å². The number of carboxylic acids is 1. The second-order valence-electron chi connectivity index (χ2n) is 7.14. The number of aliphatic hydroxyl groups is 2. The molecule has 25 heavy (non-hydrogen) atoms. The molecule has 1 heterocycles. The van der Waals surface area contributed by atoms with Gasteiger partial charge in [0, 0.05) is 0 Å². The SMILES string of the molecule is C[N+](C)(C)CCO.C[N+](C)(C)CCO.O=C([O-])C=Cc1ccco1.[Cl-]. The molecule has 1 aromatic rings. The molecule has 0 radical (unpaired) electrons. The molecule has 0 atom stereocenters. The summed E-state index contributed by atoms with van der Waals surface area (Å²) in [6.45, 7) is 2.23. The van der Waals surface area contributed by atoms with Crippen molar-refractivity contribution in [2.45, 2.75) is 0 Å². The van der Waals surface area contributed by atoms with E-state index in [2.05, 4.69) is 42.3 Å². The van der Waals surface area contributed by atoms with Crippen molar-refractivity contribution >= 4 is 12.0 Å². The molecule has 0 bridgehead atoms. The second kappa shape index (κ2) is 14.9. The molecule has 0 unspecified atom stereocenters. The Bertz CT molecular complexity index is 433. The maximum atomic E-state index is 9.85. The molecule has 0 saturated heterocycles.